The molecule has 6 nitrogen and oxygen atoms in total. The number of fused-ring (bicyclic) bond motifs is 1. The molecule has 1 N–H and O–H groups in total. The Hall–Kier alpha value is -2.37. The lowest BCUT2D eigenvalue weighted by atomic mass is 10.1. The van der Waals surface area contributed by atoms with Crippen molar-refractivity contribution in [3.8, 4) is 0 Å². The molecule has 1 aliphatic heterocycles. The van der Waals surface area contributed by atoms with Gasteiger partial charge in [-0.25, -0.2) is 4.98 Å². The number of nitrogens with one attached hydrogen (secondary N) is 1. The Bertz CT molecular complexity index is 789. The van der Waals surface area contributed by atoms with Crippen molar-refractivity contribution >= 4 is 22.6 Å². The number of hydrogen-bond donors (Lipinski definition) is 1. The summed E-state index contributed by atoms with van der Waals surface area (Å²) in [7, 11) is 3.42. The van der Waals surface area contributed by atoms with Crippen molar-refractivity contribution < 1.29 is 4.79 Å². The second-order valence-corrected chi connectivity index (χ2v) is 5.97. The van der Waals surface area contributed by atoms with Crippen LogP contribution in [0, 0.1) is 6.92 Å². The molecule has 22 heavy (non-hydrogen) atoms. The van der Waals surface area contributed by atoms with Gasteiger partial charge in [0.15, 0.2) is 0 Å². The first kappa shape index (κ1) is 14.6. The van der Waals surface area contributed by atoms with Crippen LogP contribution in [0.3, 0.4) is 0 Å². The van der Waals surface area contributed by atoms with E-state index >= 15 is 0 Å². The number of hydrogen-bond acceptors (Lipinski definition) is 4. The Balaban J connectivity index is 2.27. The van der Waals surface area contributed by atoms with Crippen LogP contribution in [0.2, 0.25) is 0 Å². The third kappa shape index (κ3) is 2.45. The predicted octanol–water partition coefficient (Wildman–Crippen LogP) is 1.53. The molecule has 3 heterocycles. The van der Waals surface area contributed by atoms with Crippen LogP contribution in [0.4, 0.5) is 5.82 Å². The second-order valence-electron chi connectivity index (χ2n) is 5.97. The zero-order chi connectivity index (χ0) is 15.9. The number of pyridine rings is 2. The van der Waals surface area contributed by atoms with E-state index in [1.54, 1.807) is 20.2 Å². The molecule has 6 heteroatoms. The van der Waals surface area contributed by atoms with E-state index in [0.29, 0.717) is 22.3 Å². The standard InChI is InChI=1S/C16H20N4O2/c1-10-8-13-11(15(21)17-10)9-12(16(22)19(2)3)14(18-13)20-6-4-5-7-20/h8-9H,4-7H2,1-3H3,(H,17,21). The lowest BCUT2D eigenvalue weighted by molar-refractivity contribution is 0.0828. The summed E-state index contributed by atoms with van der Waals surface area (Å²) in [6.45, 7) is 3.62. The minimum absolute atomic E-state index is 0.128. The van der Waals surface area contributed by atoms with Gasteiger partial charge in [-0.05, 0) is 31.9 Å². The zero-order valence-electron chi connectivity index (χ0n) is 13.1. The number of carbonyl (C=O) groups is 1. The van der Waals surface area contributed by atoms with E-state index in [4.69, 9.17) is 0 Å². The first-order valence-electron chi connectivity index (χ1n) is 7.48. The van der Waals surface area contributed by atoms with E-state index in [2.05, 4.69) is 14.9 Å². The molecule has 1 aliphatic rings. The van der Waals surface area contributed by atoms with Crippen LogP contribution < -0.4 is 10.5 Å². The van der Waals surface area contributed by atoms with Crippen LogP contribution in [0.25, 0.3) is 10.9 Å². The molecule has 0 saturated carbocycles. The average molecular weight is 300 g/mol. The van der Waals surface area contributed by atoms with Gasteiger partial charge in [0.1, 0.15) is 5.82 Å². The highest BCUT2D eigenvalue weighted by molar-refractivity contribution is 6.02. The molecule has 0 spiro atoms. The smallest absolute Gasteiger partial charge is 0.257 e. The summed E-state index contributed by atoms with van der Waals surface area (Å²) < 4.78 is 0. The van der Waals surface area contributed by atoms with E-state index in [-0.39, 0.29) is 11.5 Å². The summed E-state index contributed by atoms with van der Waals surface area (Å²) in [5.41, 5.74) is 1.69. The maximum absolute atomic E-state index is 12.5. The maximum atomic E-state index is 12.5. The zero-order valence-corrected chi connectivity index (χ0v) is 13.1. The highest BCUT2D eigenvalue weighted by Gasteiger charge is 2.23. The number of rotatable bonds is 2. The van der Waals surface area contributed by atoms with E-state index in [0.717, 1.165) is 31.6 Å². The number of aromatic amines is 1. The molecule has 2 aromatic heterocycles. The molecule has 0 aliphatic carbocycles. The van der Waals surface area contributed by atoms with Crippen LogP contribution in [-0.4, -0.2) is 48.0 Å². The fourth-order valence-corrected chi connectivity index (χ4v) is 2.87. The minimum Gasteiger partial charge on any atom is -0.356 e. The summed E-state index contributed by atoms with van der Waals surface area (Å²) in [6, 6.07) is 3.52. The molecular formula is C16H20N4O2. The fourth-order valence-electron chi connectivity index (χ4n) is 2.87. The van der Waals surface area contributed by atoms with Gasteiger partial charge in [0.2, 0.25) is 0 Å². The fraction of sp³-hybridized carbons (Fsp3) is 0.438. The number of aromatic nitrogens is 2. The molecule has 0 radical (unpaired) electrons. The van der Waals surface area contributed by atoms with Crippen molar-refractivity contribution in [3.63, 3.8) is 0 Å². The van der Waals surface area contributed by atoms with Crippen molar-refractivity contribution in [2.45, 2.75) is 19.8 Å². The van der Waals surface area contributed by atoms with Gasteiger partial charge in [0, 0.05) is 32.9 Å². The van der Waals surface area contributed by atoms with Crippen molar-refractivity contribution in [1.82, 2.24) is 14.9 Å². The van der Waals surface area contributed by atoms with Gasteiger partial charge in [0.05, 0.1) is 16.5 Å². The third-order valence-electron chi connectivity index (χ3n) is 3.98. The molecule has 1 amide bonds. The van der Waals surface area contributed by atoms with E-state index < -0.39 is 0 Å². The number of aryl methyl sites for hydroxylation is 1. The molecule has 1 fully saturated rings. The number of H-pyrrole nitrogens is 1. The van der Waals surface area contributed by atoms with E-state index in [1.165, 1.54) is 4.90 Å². The first-order valence-corrected chi connectivity index (χ1v) is 7.48. The Morgan fingerprint density at radius 1 is 1.27 bits per heavy atom. The molecule has 0 bridgehead atoms. The van der Waals surface area contributed by atoms with Crippen molar-refractivity contribution in [3.05, 3.63) is 33.7 Å². The van der Waals surface area contributed by atoms with Gasteiger partial charge in [-0.3, -0.25) is 9.59 Å². The molecule has 3 rings (SSSR count). The summed E-state index contributed by atoms with van der Waals surface area (Å²) in [4.78, 5) is 35.7. The van der Waals surface area contributed by atoms with Gasteiger partial charge < -0.3 is 14.8 Å². The quantitative estimate of drug-likeness (QED) is 0.913. The van der Waals surface area contributed by atoms with E-state index in [1.807, 2.05) is 13.0 Å². The molecule has 0 unspecified atom stereocenters. The molecule has 116 valence electrons. The predicted molar refractivity (Wildman–Crippen MR) is 86.6 cm³/mol. The van der Waals surface area contributed by atoms with Crippen LogP contribution in [0.5, 0.6) is 0 Å². The Labute approximate surface area is 128 Å². The highest BCUT2D eigenvalue weighted by Crippen LogP contribution is 2.26. The highest BCUT2D eigenvalue weighted by atomic mass is 16.2. The second kappa shape index (κ2) is 5.44. The Morgan fingerprint density at radius 3 is 2.59 bits per heavy atom. The normalized spacial score (nSPS) is 14.6. The number of carbonyl (C=O) groups excluding carboxylic acids is 1. The largest absolute Gasteiger partial charge is 0.356 e. The van der Waals surface area contributed by atoms with Crippen LogP contribution in [0.15, 0.2) is 16.9 Å². The van der Waals surface area contributed by atoms with Crippen molar-refractivity contribution in [1.29, 1.82) is 0 Å². The number of anilines is 1. The SMILES string of the molecule is Cc1cc2nc(N3CCCC3)c(C(=O)N(C)C)cc2c(=O)[nH]1. The topological polar surface area (TPSA) is 69.3 Å². The monoisotopic (exact) mass is 300 g/mol. The van der Waals surface area contributed by atoms with E-state index in [9.17, 15) is 9.59 Å². The van der Waals surface area contributed by atoms with Crippen molar-refractivity contribution in [2.75, 3.05) is 32.1 Å². The van der Waals surface area contributed by atoms with Gasteiger partial charge in [-0.2, -0.15) is 0 Å². The summed E-state index contributed by atoms with van der Waals surface area (Å²) in [5.74, 6) is 0.560. The first-order chi connectivity index (χ1) is 10.5. The lowest BCUT2D eigenvalue weighted by Gasteiger charge is -2.22. The Kier molecular flexibility index (Phi) is 3.60. The van der Waals surface area contributed by atoms with Crippen molar-refractivity contribution in [2.24, 2.45) is 0 Å². The Morgan fingerprint density at radius 2 is 1.95 bits per heavy atom. The summed E-state index contributed by atoms with van der Waals surface area (Å²) in [5, 5.41) is 0.457. The number of amides is 1. The minimum atomic E-state index is -0.205. The van der Waals surface area contributed by atoms with Gasteiger partial charge in [0.25, 0.3) is 11.5 Å². The molecule has 0 atom stereocenters. The van der Waals surface area contributed by atoms with Crippen LogP contribution >= 0.6 is 0 Å². The molecular weight excluding hydrogens is 280 g/mol. The third-order valence-corrected chi connectivity index (χ3v) is 3.98. The van der Waals surface area contributed by atoms with Crippen LogP contribution in [0.1, 0.15) is 28.9 Å². The number of nitrogens with zero attached hydrogens (tertiary/aromatic N) is 3. The maximum Gasteiger partial charge on any atom is 0.257 e. The average Bonchev–Trinajstić information content (AvgIpc) is 2.99. The van der Waals surface area contributed by atoms with Gasteiger partial charge in [-0.1, -0.05) is 0 Å². The molecule has 1 saturated heterocycles. The molecule has 0 aromatic carbocycles. The van der Waals surface area contributed by atoms with Gasteiger partial charge in [-0.15, -0.1) is 0 Å². The summed E-state index contributed by atoms with van der Waals surface area (Å²) >= 11 is 0. The lowest BCUT2D eigenvalue weighted by Crippen LogP contribution is -2.28. The van der Waals surface area contributed by atoms with Crippen LogP contribution in [-0.2, 0) is 0 Å². The summed E-state index contributed by atoms with van der Waals surface area (Å²) in [6.07, 6.45) is 2.20. The van der Waals surface area contributed by atoms with Gasteiger partial charge >= 0.3 is 0 Å². The molecule has 2 aromatic rings.